The Morgan fingerprint density at radius 1 is 1.47 bits per heavy atom. The molecule has 1 fully saturated rings. The van der Waals surface area contributed by atoms with Crippen molar-refractivity contribution in [1.29, 1.82) is 0 Å². The standard InChI is InChI=1S/C12H16FNO/c1-14-7-3-6-12(13,9-14)10-4-2-5-11(15)8-10/h2,4-5,8,15H,3,6-7,9H2,1H3. The number of rotatable bonds is 1. The first-order valence-electron chi connectivity index (χ1n) is 5.27. The van der Waals surface area contributed by atoms with Crippen molar-refractivity contribution >= 4 is 0 Å². The number of piperidine rings is 1. The van der Waals surface area contributed by atoms with Gasteiger partial charge in [-0.2, -0.15) is 0 Å². The van der Waals surface area contributed by atoms with Gasteiger partial charge < -0.3 is 10.0 Å². The Labute approximate surface area is 89.3 Å². The summed E-state index contributed by atoms with van der Waals surface area (Å²) < 4.78 is 14.6. The van der Waals surface area contributed by atoms with Gasteiger partial charge in [0, 0.05) is 6.54 Å². The number of likely N-dealkylation sites (N-methyl/N-ethyl adjacent to an activating group) is 1. The zero-order chi connectivity index (χ0) is 10.9. The SMILES string of the molecule is CN1CCCC(F)(c2cccc(O)c2)C1. The molecule has 82 valence electrons. The topological polar surface area (TPSA) is 23.5 Å². The number of nitrogens with zero attached hydrogens (tertiary/aromatic N) is 1. The van der Waals surface area contributed by atoms with Gasteiger partial charge in [0.15, 0.2) is 0 Å². The van der Waals surface area contributed by atoms with Crippen LogP contribution in [0.5, 0.6) is 5.75 Å². The smallest absolute Gasteiger partial charge is 0.148 e. The molecule has 1 atom stereocenters. The molecule has 1 unspecified atom stereocenters. The first kappa shape index (κ1) is 10.4. The van der Waals surface area contributed by atoms with Gasteiger partial charge in [0.05, 0.1) is 0 Å². The fourth-order valence-corrected chi connectivity index (χ4v) is 2.24. The molecule has 1 heterocycles. The summed E-state index contributed by atoms with van der Waals surface area (Å²) in [4.78, 5) is 1.99. The number of alkyl halides is 1. The molecular formula is C12H16FNO. The number of benzene rings is 1. The Kier molecular flexibility index (Phi) is 2.65. The van der Waals surface area contributed by atoms with Gasteiger partial charge in [-0.3, -0.25) is 0 Å². The lowest BCUT2D eigenvalue weighted by Gasteiger charge is -2.35. The molecule has 0 radical (unpaired) electrons. The van der Waals surface area contributed by atoms with Crippen molar-refractivity contribution in [2.24, 2.45) is 0 Å². The Hall–Kier alpha value is -1.09. The number of phenolic OH excluding ortho intramolecular Hbond substituents is 1. The molecule has 15 heavy (non-hydrogen) atoms. The molecule has 0 aromatic heterocycles. The summed E-state index contributed by atoms with van der Waals surface area (Å²) in [6.45, 7) is 1.36. The quantitative estimate of drug-likeness (QED) is 0.767. The number of hydrogen-bond donors (Lipinski definition) is 1. The van der Waals surface area contributed by atoms with E-state index in [0.717, 1.165) is 13.0 Å². The van der Waals surface area contributed by atoms with Crippen LogP contribution in [0.15, 0.2) is 24.3 Å². The van der Waals surface area contributed by atoms with E-state index in [2.05, 4.69) is 0 Å². The predicted molar refractivity (Wildman–Crippen MR) is 57.6 cm³/mol. The maximum Gasteiger partial charge on any atom is 0.148 e. The highest BCUT2D eigenvalue weighted by molar-refractivity contribution is 5.32. The van der Waals surface area contributed by atoms with Gasteiger partial charge in [-0.25, -0.2) is 4.39 Å². The highest BCUT2D eigenvalue weighted by Gasteiger charge is 2.36. The van der Waals surface area contributed by atoms with Crippen LogP contribution < -0.4 is 0 Å². The van der Waals surface area contributed by atoms with Crippen LogP contribution in [0.4, 0.5) is 4.39 Å². The first-order chi connectivity index (χ1) is 7.10. The third-order valence-corrected chi connectivity index (χ3v) is 3.00. The van der Waals surface area contributed by atoms with Crippen molar-refractivity contribution in [3.63, 3.8) is 0 Å². The van der Waals surface area contributed by atoms with Crippen LogP contribution in [-0.4, -0.2) is 30.1 Å². The number of likely N-dealkylation sites (tertiary alicyclic amines) is 1. The zero-order valence-corrected chi connectivity index (χ0v) is 8.91. The van der Waals surface area contributed by atoms with Crippen LogP contribution in [0.25, 0.3) is 0 Å². The third kappa shape index (κ3) is 2.12. The molecule has 1 aliphatic rings. The summed E-state index contributed by atoms with van der Waals surface area (Å²) in [5, 5.41) is 9.34. The second kappa shape index (κ2) is 3.81. The predicted octanol–water partition coefficient (Wildman–Crippen LogP) is 2.28. The van der Waals surface area contributed by atoms with E-state index in [4.69, 9.17) is 0 Å². The van der Waals surface area contributed by atoms with Crippen LogP contribution in [-0.2, 0) is 5.67 Å². The summed E-state index contributed by atoms with van der Waals surface area (Å²) in [5.74, 6) is 0.137. The van der Waals surface area contributed by atoms with Crippen molar-refractivity contribution in [1.82, 2.24) is 4.90 Å². The van der Waals surface area contributed by atoms with Crippen LogP contribution in [0.1, 0.15) is 18.4 Å². The lowest BCUT2D eigenvalue weighted by molar-refractivity contribution is 0.0561. The van der Waals surface area contributed by atoms with Crippen LogP contribution in [0.3, 0.4) is 0 Å². The molecule has 1 aromatic carbocycles. The van der Waals surface area contributed by atoms with Crippen molar-refractivity contribution < 1.29 is 9.50 Å². The van der Waals surface area contributed by atoms with E-state index in [0.29, 0.717) is 18.5 Å². The van der Waals surface area contributed by atoms with Gasteiger partial charge in [-0.15, -0.1) is 0 Å². The number of phenols is 1. The summed E-state index contributed by atoms with van der Waals surface area (Å²) in [6.07, 6.45) is 1.41. The highest BCUT2D eigenvalue weighted by Crippen LogP contribution is 2.36. The lowest BCUT2D eigenvalue weighted by Crippen LogP contribution is -2.41. The monoisotopic (exact) mass is 209 g/mol. The summed E-state index contributed by atoms with van der Waals surface area (Å²) in [7, 11) is 1.93. The van der Waals surface area contributed by atoms with Gasteiger partial charge in [0.1, 0.15) is 11.4 Å². The van der Waals surface area contributed by atoms with E-state index in [1.54, 1.807) is 18.2 Å². The van der Waals surface area contributed by atoms with Gasteiger partial charge in [-0.1, -0.05) is 12.1 Å². The van der Waals surface area contributed by atoms with E-state index in [1.165, 1.54) is 6.07 Å². The van der Waals surface area contributed by atoms with E-state index >= 15 is 0 Å². The molecule has 1 aliphatic heterocycles. The van der Waals surface area contributed by atoms with Gasteiger partial charge >= 0.3 is 0 Å². The molecule has 3 heteroatoms. The minimum absolute atomic E-state index is 0.137. The van der Waals surface area contributed by atoms with E-state index < -0.39 is 5.67 Å². The molecule has 2 nitrogen and oxygen atoms in total. The Balaban J connectivity index is 2.28. The molecule has 1 aromatic rings. The fraction of sp³-hybridized carbons (Fsp3) is 0.500. The molecule has 1 N–H and O–H groups in total. The maximum absolute atomic E-state index is 14.6. The summed E-state index contributed by atoms with van der Waals surface area (Å²) in [5.41, 5.74) is -0.708. The average molecular weight is 209 g/mol. The van der Waals surface area contributed by atoms with E-state index in [-0.39, 0.29) is 5.75 Å². The molecule has 0 bridgehead atoms. The lowest BCUT2D eigenvalue weighted by atomic mass is 9.87. The van der Waals surface area contributed by atoms with E-state index in [1.807, 2.05) is 11.9 Å². The Morgan fingerprint density at radius 2 is 2.27 bits per heavy atom. The Morgan fingerprint density at radius 3 is 2.93 bits per heavy atom. The first-order valence-corrected chi connectivity index (χ1v) is 5.27. The second-order valence-electron chi connectivity index (χ2n) is 4.36. The van der Waals surface area contributed by atoms with Gasteiger partial charge in [-0.05, 0) is 44.1 Å². The number of hydrogen-bond acceptors (Lipinski definition) is 2. The highest BCUT2D eigenvalue weighted by atomic mass is 19.1. The molecule has 0 amide bonds. The molecule has 0 saturated carbocycles. The van der Waals surface area contributed by atoms with E-state index in [9.17, 15) is 9.50 Å². The average Bonchev–Trinajstić information content (AvgIpc) is 2.17. The van der Waals surface area contributed by atoms with Crippen LogP contribution >= 0.6 is 0 Å². The zero-order valence-electron chi connectivity index (χ0n) is 8.91. The molecule has 1 saturated heterocycles. The largest absolute Gasteiger partial charge is 0.508 e. The van der Waals surface area contributed by atoms with Crippen molar-refractivity contribution in [3.8, 4) is 5.75 Å². The molecular weight excluding hydrogens is 193 g/mol. The normalized spacial score (nSPS) is 27.9. The molecule has 2 rings (SSSR count). The van der Waals surface area contributed by atoms with Crippen molar-refractivity contribution in [2.75, 3.05) is 20.1 Å². The van der Waals surface area contributed by atoms with Gasteiger partial charge in [0.25, 0.3) is 0 Å². The van der Waals surface area contributed by atoms with Crippen LogP contribution in [0.2, 0.25) is 0 Å². The number of halogens is 1. The minimum atomic E-state index is -1.30. The number of aromatic hydroxyl groups is 1. The van der Waals surface area contributed by atoms with Crippen LogP contribution in [0, 0.1) is 0 Å². The summed E-state index contributed by atoms with van der Waals surface area (Å²) in [6, 6.07) is 6.54. The fourth-order valence-electron chi connectivity index (χ4n) is 2.24. The van der Waals surface area contributed by atoms with Crippen molar-refractivity contribution in [3.05, 3.63) is 29.8 Å². The minimum Gasteiger partial charge on any atom is -0.508 e. The van der Waals surface area contributed by atoms with Crippen molar-refractivity contribution in [2.45, 2.75) is 18.5 Å². The summed E-state index contributed by atoms with van der Waals surface area (Å²) >= 11 is 0. The Bertz CT molecular complexity index is 355. The molecule has 0 aliphatic carbocycles. The second-order valence-corrected chi connectivity index (χ2v) is 4.36. The third-order valence-electron chi connectivity index (χ3n) is 3.00. The maximum atomic E-state index is 14.6. The van der Waals surface area contributed by atoms with Gasteiger partial charge in [0.2, 0.25) is 0 Å². The molecule has 0 spiro atoms.